The number of anilines is 1. The van der Waals surface area contributed by atoms with Crippen LogP contribution in [0.5, 0.6) is 0 Å². The maximum Gasteiger partial charge on any atom is 0.247 e. The number of fused-ring (bicyclic) bond motifs is 1. The van der Waals surface area contributed by atoms with Gasteiger partial charge in [-0.15, -0.1) is 0 Å². The van der Waals surface area contributed by atoms with E-state index in [4.69, 9.17) is 0 Å². The number of rotatable bonds is 2. The van der Waals surface area contributed by atoms with Crippen LogP contribution < -0.4 is 5.32 Å². The second kappa shape index (κ2) is 3.69. The van der Waals surface area contributed by atoms with Gasteiger partial charge in [-0.3, -0.25) is 9.59 Å². The molecule has 1 N–H and O–H groups in total. The molecule has 0 fully saturated rings. The zero-order valence-electron chi connectivity index (χ0n) is 8.25. The Bertz CT molecular complexity index is 449. The van der Waals surface area contributed by atoms with Crippen molar-refractivity contribution in [3.05, 3.63) is 42.0 Å². The van der Waals surface area contributed by atoms with Crippen molar-refractivity contribution in [2.45, 2.75) is 12.8 Å². The van der Waals surface area contributed by atoms with E-state index in [0.29, 0.717) is 12.8 Å². The average molecular weight is 201 g/mol. The number of Topliss-reactive ketones (excluding diaryl/α,β-unsaturated/α-hetero) is 1. The molecule has 1 aromatic carbocycles. The fourth-order valence-electron chi connectivity index (χ4n) is 1.79. The molecule has 2 rings (SSSR count). The normalized spacial score (nSPS) is 13.5. The molecule has 1 amide bonds. The molecule has 0 saturated carbocycles. The molecule has 1 aromatic rings. The summed E-state index contributed by atoms with van der Waals surface area (Å²) >= 11 is 0. The Morgan fingerprint density at radius 1 is 1.40 bits per heavy atom. The van der Waals surface area contributed by atoms with Gasteiger partial charge in [0, 0.05) is 17.7 Å². The van der Waals surface area contributed by atoms with Crippen LogP contribution in [0.4, 0.5) is 5.69 Å². The molecule has 0 unspecified atom stereocenters. The van der Waals surface area contributed by atoms with Gasteiger partial charge in [0.15, 0.2) is 5.78 Å². The number of amides is 1. The van der Waals surface area contributed by atoms with Gasteiger partial charge in [0.1, 0.15) is 0 Å². The first-order chi connectivity index (χ1) is 7.22. The van der Waals surface area contributed by atoms with Crippen LogP contribution in [0.1, 0.15) is 22.3 Å². The van der Waals surface area contributed by atoms with Gasteiger partial charge in [-0.2, -0.15) is 0 Å². The molecule has 1 aliphatic rings. The number of hydrogen-bond acceptors (Lipinski definition) is 2. The van der Waals surface area contributed by atoms with E-state index in [0.717, 1.165) is 16.8 Å². The van der Waals surface area contributed by atoms with Crippen molar-refractivity contribution in [2.75, 3.05) is 5.32 Å². The van der Waals surface area contributed by atoms with Gasteiger partial charge in [-0.25, -0.2) is 0 Å². The van der Waals surface area contributed by atoms with Crippen molar-refractivity contribution < 1.29 is 9.59 Å². The molecule has 0 spiro atoms. The lowest BCUT2D eigenvalue weighted by molar-refractivity contribution is -0.111. The zero-order chi connectivity index (χ0) is 10.8. The van der Waals surface area contributed by atoms with Gasteiger partial charge in [-0.05, 0) is 24.1 Å². The summed E-state index contributed by atoms with van der Waals surface area (Å²) in [6.45, 7) is 3.39. The maximum absolute atomic E-state index is 11.4. The molecule has 1 aliphatic carbocycles. The predicted molar refractivity (Wildman–Crippen MR) is 57.9 cm³/mol. The van der Waals surface area contributed by atoms with E-state index < -0.39 is 0 Å². The van der Waals surface area contributed by atoms with Crippen LogP contribution in [0.3, 0.4) is 0 Å². The van der Waals surface area contributed by atoms with E-state index >= 15 is 0 Å². The number of carbonyl (C=O) groups is 2. The summed E-state index contributed by atoms with van der Waals surface area (Å²) in [4.78, 5) is 22.6. The Balaban J connectivity index is 2.38. The van der Waals surface area contributed by atoms with Crippen LogP contribution in [-0.4, -0.2) is 11.7 Å². The molecule has 0 saturated heterocycles. The van der Waals surface area contributed by atoms with E-state index in [1.807, 2.05) is 0 Å². The lowest BCUT2D eigenvalue weighted by Gasteiger charge is -2.07. The molecular formula is C12H11NO2. The summed E-state index contributed by atoms with van der Waals surface area (Å²) in [7, 11) is 0. The predicted octanol–water partition coefficient (Wildman–Crippen LogP) is 1.94. The fourth-order valence-corrected chi connectivity index (χ4v) is 1.79. The molecule has 0 heterocycles. The molecule has 0 bridgehead atoms. The van der Waals surface area contributed by atoms with E-state index in [1.54, 1.807) is 18.2 Å². The number of benzene rings is 1. The van der Waals surface area contributed by atoms with Gasteiger partial charge >= 0.3 is 0 Å². The number of nitrogens with one attached hydrogen (secondary N) is 1. The van der Waals surface area contributed by atoms with Crippen molar-refractivity contribution in [2.24, 2.45) is 0 Å². The van der Waals surface area contributed by atoms with Crippen LogP contribution >= 0.6 is 0 Å². The molecule has 0 atom stereocenters. The topological polar surface area (TPSA) is 46.2 Å². The van der Waals surface area contributed by atoms with E-state index in [-0.39, 0.29) is 11.7 Å². The molecular weight excluding hydrogens is 190 g/mol. The Morgan fingerprint density at radius 2 is 2.20 bits per heavy atom. The van der Waals surface area contributed by atoms with Crippen molar-refractivity contribution in [3.8, 4) is 0 Å². The summed E-state index contributed by atoms with van der Waals surface area (Å²) in [5, 5.41) is 2.70. The average Bonchev–Trinajstić information content (AvgIpc) is 2.62. The molecule has 15 heavy (non-hydrogen) atoms. The number of carbonyl (C=O) groups excluding carboxylic acids is 2. The molecule has 3 heteroatoms. The fraction of sp³-hybridized carbons (Fsp3) is 0.167. The van der Waals surface area contributed by atoms with Crippen LogP contribution in [-0.2, 0) is 11.2 Å². The van der Waals surface area contributed by atoms with Gasteiger partial charge in [0.25, 0.3) is 0 Å². The van der Waals surface area contributed by atoms with E-state index in [9.17, 15) is 9.59 Å². The standard InChI is InChI=1S/C12H11NO2/c1-2-12(15)13-10-5-3-4-9-8(10)6-7-11(9)14/h2-5H,1,6-7H2,(H,13,15). The lowest BCUT2D eigenvalue weighted by Crippen LogP contribution is -2.09. The summed E-state index contributed by atoms with van der Waals surface area (Å²) in [6, 6.07) is 5.38. The largest absolute Gasteiger partial charge is 0.322 e. The summed E-state index contributed by atoms with van der Waals surface area (Å²) in [5.74, 6) is -0.0950. The summed E-state index contributed by atoms with van der Waals surface area (Å²) < 4.78 is 0. The SMILES string of the molecule is C=CC(=O)Nc1cccc2c1CCC2=O. The molecule has 3 nitrogen and oxygen atoms in total. The highest BCUT2D eigenvalue weighted by Crippen LogP contribution is 2.28. The van der Waals surface area contributed by atoms with Gasteiger partial charge < -0.3 is 5.32 Å². The van der Waals surface area contributed by atoms with Crippen LogP contribution in [0.25, 0.3) is 0 Å². The smallest absolute Gasteiger partial charge is 0.247 e. The first kappa shape index (κ1) is 9.65. The third kappa shape index (κ3) is 1.68. The zero-order valence-corrected chi connectivity index (χ0v) is 8.25. The van der Waals surface area contributed by atoms with Gasteiger partial charge in [-0.1, -0.05) is 18.7 Å². The second-order valence-corrected chi connectivity index (χ2v) is 3.45. The first-order valence-electron chi connectivity index (χ1n) is 4.81. The van der Waals surface area contributed by atoms with Crippen molar-refractivity contribution >= 4 is 17.4 Å². The quantitative estimate of drug-likeness (QED) is 0.743. The molecule has 0 radical (unpaired) electrons. The van der Waals surface area contributed by atoms with E-state index in [2.05, 4.69) is 11.9 Å². The molecule has 0 aromatic heterocycles. The molecule has 76 valence electrons. The van der Waals surface area contributed by atoms with Gasteiger partial charge in [0.05, 0.1) is 0 Å². The van der Waals surface area contributed by atoms with Crippen LogP contribution in [0.15, 0.2) is 30.9 Å². The third-order valence-electron chi connectivity index (χ3n) is 2.52. The summed E-state index contributed by atoms with van der Waals surface area (Å²) in [6.07, 6.45) is 2.47. The highest BCUT2D eigenvalue weighted by atomic mass is 16.1. The minimum atomic E-state index is -0.247. The maximum atomic E-state index is 11.4. The highest BCUT2D eigenvalue weighted by molar-refractivity contribution is 6.05. The number of ketones is 1. The summed E-state index contributed by atoms with van der Waals surface area (Å²) in [5.41, 5.74) is 2.40. The monoisotopic (exact) mass is 201 g/mol. The van der Waals surface area contributed by atoms with Crippen molar-refractivity contribution in [1.82, 2.24) is 0 Å². The van der Waals surface area contributed by atoms with Crippen LogP contribution in [0.2, 0.25) is 0 Å². The third-order valence-corrected chi connectivity index (χ3v) is 2.52. The number of hydrogen-bond donors (Lipinski definition) is 1. The van der Waals surface area contributed by atoms with Gasteiger partial charge in [0.2, 0.25) is 5.91 Å². The Hall–Kier alpha value is -1.90. The second-order valence-electron chi connectivity index (χ2n) is 3.45. The van der Waals surface area contributed by atoms with E-state index in [1.165, 1.54) is 6.08 Å². The first-order valence-corrected chi connectivity index (χ1v) is 4.81. The van der Waals surface area contributed by atoms with Crippen LogP contribution in [0, 0.1) is 0 Å². The Morgan fingerprint density at radius 3 is 2.93 bits per heavy atom. The minimum absolute atomic E-state index is 0.153. The van der Waals surface area contributed by atoms with Crippen molar-refractivity contribution in [3.63, 3.8) is 0 Å². The highest BCUT2D eigenvalue weighted by Gasteiger charge is 2.21. The lowest BCUT2D eigenvalue weighted by atomic mass is 10.1. The Labute approximate surface area is 87.8 Å². The molecule has 0 aliphatic heterocycles. The Kier molecular flexibility index (Phi) is 2.37. The van der Waals surface area contributed by atoms with Crippen molar-refractivity contribution in [1.29, 1.82) is 0 Å². The minimum Gasteiger partial charge on any atom is -0.322 e.